The lowest BCUT2D eigenvalue weighted by molar-refractivity contribution is 0.569. The van der Waals surface area contributed by atoms with Gasteiger partial charge in [0.25, 0.3) is 0 Å². The van der Waals surface area contributed by atoms with Gasteiger partial charge in [-0.3, -0.25) is 5.43 Å². The monoisotopic (exact) mass is 394 g/mol. The smallest absolute Gasteiger partial charge is 0.241 e. The molecule has 1 aliphatic carbocycles. The predicted molar refractivity (Wildman–Crippen MR) is 112 cm³/mol. The summed E-state index contributed by atoms with van der Waals surface area (Å²) in [6.07, 6.45) is 10.0. The summed E-state index contributed by atoms with van der Waals surface area (Å²) in [4.78, 5) is 18.0. The second-order valence-electron chi connectivity index (χ2n) is 7.68. The SMILES string of the molecule is NNc1nc2c(sc3nc(N4CCCCC4)c4c(c32)CCCC4)c2ncnn12. The molecule has 0 amide bonds. The molecule has 4 aromatic rings. The van der Waals surface area contributed by atoms with Gasteiger partial charge in [0.2, 0.25) is 5.95 Å². The summed E-state index contributed by atoms with van der Waals surface area (Å²) in [7, 11) is 0. The first-order valence-corrected chi connectivity index (χ1v) is 10.9. The highest BCUT2D eigenvalue weighted by atomic mass is 32.1. The van der Waals surface area contributed by atoms with Crippen LogP contribution in [-0.4, -0.2) is 37.7 Å². The number of anilines is 2. The van der Waals surface area contributed by atoms with Crippen LogP contribution in [0.5, 0.6) is 0 Å². The Kier molecular flexibility index (Phi) is 3.67. The maximum Gasteiger partial charge on any atom is 0.241 e. The number of nitrogens with two attached hydrogens (primary N) is 1. The van der Waals surface area contributed by atoms with Crippen LogP contribution in [0.1, 0.15) is 43.2 Å². The summed E-state index contributed by atoms with van der Waals surface area (Å²) in [5.74, 6) is 7.43. The van der Waals surface area contributed by atoms with Crippen LogP contribution < -0.4 is 16.2 Å². The lowest BCUT2D eigenvalue weighted by atomic mass is 9.89. The third-order valence-electron chi connectivity index (χ3n) is 6.07. The molecule has 0 aromatic carbocycles. The van der Waals surface area contributed by atoms with Crippen LogP contribution in [0.3, 0.4) is 0 Å². The van der Waals surface area contributed by atoms with E-state index in [9.17, 15) is 0 Å². The van der Waals surface area contributed by atoms with Crippen molar-refractivity contribution >= 4 is 49.2 Å². The summed E-state index contributed by atoms with van der Waals surface area (Å²) in [6.45, 7) is 2.23. The number of hydrogen-bond acceptors (Lipinski definition) is 8. The number of nitrogens with zero attached hydrogens (tertiary/aromatic N) is 6. The third kappa shape index (κ3) is 2.26. The Morgan fingerprint density at radius 2 is 1.82 bits per heavy atom. The molecule has 144 valence electrons. The molecule has 0 atom stereocenters. The molecule has 0 spiro atoms. The predicted octanol–water partition coefficient (Wildman–Crippen LogP) is 3.04. The highest BCUT2D eigenvalue weighted by molar-refractivity contribution is 7.26. The number of fused-ring (bicyclic) bond motifs is 7. The molecule has 0 radical (unpaired) electrons. The molecule has 2 aliphatic rings. The quantitative estimate of drug-likeness (QED) is 0.398. The molecule has 0 bridgehead atoms. The van der Waals surface area contributed by atoms with Crippen LogP contribution in [-0.2, 0) is 12.8 Å². The molecule has 4 aromatic heterocycles. The summed E-state index contributed by atoms with van der Waals surface area (Å²) in [5, 5.41) is 5.46. The fraction of sp³-hybridized carbons (Fsp3) is 0.474. The average Bonchev–Trinajstić information content (AvgIpc) is 3.37. The second kappa shape index (κ2) is 6.25. The van der Waals surface area contributed by atoms with Gasteiger partial charge in [-0.15, -0.1) is 11.3 Å². The Hall–Kier alpha value is -2.52. The minimum atomic E-state index is 0.504. The standard InChI is InChI=1S/C19H22N8S/c20-25-19-23-14-13-11-6-2-3-7-12(11)16(26-8-4-1-5-9-26)24-18(13)28-15(14)17-21-10-22-27(17)19/h10H,1-9,20H2,(H,23,25). The van der Waals surface area contributed by atoms with E-state index in [2.05, 4.69) is 20.4 Å². The summed E-state index contributed by atoms with van der Waals surface area (Å²) < 4.78 is 2.69. The molecule has 0 saturated carbocycles. The van der Waals surface area contributed by atoms with Crippen molar-refractivity contribution in [2.24, 2.45) is 5.84 Å². The number of thiophene rings is 1. The molecular weight excluding hydrogens is 372 g/mol. The van der Waals surface area contributed by atoms with Gasteiger partial charge in [0, 0.05) is 18.5 Å². The Morgan fingerprint density at radius 1 is 1.00 bits per heavy atom. The molecule has 8 nitrogen and oxygen atoms in total. The molecule has 9 heteroatoms. The molecule has 3 N–H and O–H groups in total. The van der Waals surface area contributed by atoms with Crippen molar-refractivity contribution in [3.8, 4) is 0 Å². The van der Waals surface area contributed by atoms with E-state index in [0.717, 1.165) is 46.6 Å². The van der Waals surface area contributed by atoms with Gasteiger partial charge in [-0.2, -0.15) is 9.61 Å². The minimum Gasteiger partial charge on any atom is -0.356 e. The van der Waals surface area contributed by atoms with Gasteiger partial charge in [0.1, 0.15) is 21.7 Å². The van der Waals surface area contributed by atoms with Gasteiger partial charge >= 0.3 is 0 Å². The summed E-state index contributed by atoms with van der Waals surface area (Å²) in [5.41, 5.74) is 7.27. The average molecular weight is 395 g/mol. The van der Waals surface area contributed by atoms with E-state index >= 15 is 0 Å². The zero-order chi connectivity index (χ0) is 18.7. The second-order valence-corrected chi connectivity index (χ2v) is 8.68. The Labute approximate surface area is 165 Å². The molecule has 1 fully saturated rings. The third-order valence-corrected chi connectivity index (χ3v) is 7.13. The highest BCUT2D eigenvalue weighted by Gasteiger charge is 2.26. The van der Waals surface area contributed by atoms with Gasteiger partial charge < -0.3 is 4.90 Å². The van der Waals surface area contributed by atoms with Crippen molar-refractivity contribution in [3.63, 3.8) is 0 Å². The topological polar surface area (TPSA) is 97.3 Å². The highest BCUT2D eigenvalue weighted by Crippen LogP contribution is 2.42. The Morgan fingerprint density at radius 3 is 2.64 bits per heavy atom. The number of aryl methyl sites for hydroxylation is 1. The molecule has 0 unspecified atom stereocenters. The van der Waals surface area contributed by atoms with E-state index in [4.69, 9.17) is 15.8 Å². The molecule has 5 heterocycles. The number of pyridine rings is 1. The fourth-order valence-electron chi connectivity index (χ4n) is 4.78. The van der Waals surface area contributed by atoms with Crippen LogP contribution >= 0.6 is 11.3 Å². The van der Waals surface area contributed by atoms with Crippen molar-refractivity contribution in [2.75, 3.05) is 23.4 Å². The minimum absolute atomic E-state index is 0.504. The van der Waals surface area contributed by atoms with Crippen LogP contribution in [0.2, 0.25) is 0 Å². The summed E-state index contributed by atoms with van der Waals surface area (Å²) in [6, 6.07) is 0. The first-order valence-electron chi connectivity index (χ1n) is 10.0. The Balaban J connectivity index is 1.70. The van der Waals surface area contributed by atoms with Crippen molar-refractivity contribution in [3.05, 3.63) is 17.5 Å². The number of hydrogen-bond donors (Lipinski definition) is 2. The van der Waals surface area contributed by atoms with Crippen LogP contribution in [0.4, 0.5) is 11.8 Å². The zero-order valence-corrected chi connectivity index (χ0v) is 16.4. The number of nitrogen functional groups attached to an aromatic ring is 1. The van der Waals surface area contributed by atoms with E-state index in [0.29, 0.717) is 5.95 Å². The number of aromatic nitrogens is 5. The van der Waals surface area contributed by atoms with Crippen LogP contribution in [0.25, 0.3) is 26.1 Å². The van der Waals surface area contributed by atoms with E-state index in [-0.39, 0.29) is 0 Å². The molecule has 1 saturated heterocycles. The molecular formula is C19H22N8S. The number of rotatable bonds is 2. The maximum atomic E-state index is 5.72. The van der Waals surface area contributed by atoms with E-state index < -0.39 is 0 Å². The van der Waals surface area contributed by atoms with Crippen LogP contribution in [0.15, 0.2) is 6.33 Å². The maximum absolute atomic E-state index is 5.72. The lowest BCUT2D eigenvalue weighted by Crippen LogP contribution is -2.31. The zero-order valence-electron chi connectivity index (χ0n) is 15.6. The van der Waals surface area contributed by atoms with Gasteiger partial charge in [-0.25, -0.2) is 20.8 Å². The van der Waals surface area contributed by atoms with E-state index in [1.807, 2.05) is 0 Å². The van der Waals surface area contributed by atoms with Gasteiger partial charge in [-0.05, 0) is 56.1 Å². The van der Waals surface area contributed by atoms with Gasteiger partial charge in [-0.1, -0.05) is 0 Å². The fourth-order valence-corrected chi connectivity index (χ4v) is 5.90. The molecule has 1 aliphatic heterocycles. The number of hydrazine groups is 1. The van der Waals surface area contributed by atoms with Crippen molar-refractivity contribution in [1.29, 1.82) is 0 Å². The largest absolute Gasteiger partial charge is 0.356 e. The first kappa shape index (κ1) is 16.4. The first-order chi connectivity index (χ1) is 13.8. The number of nitrogens with one attached hydrogen (secondary N) is 1. The van der Waals surface area contributed by atoms with Gasteiger partial charge in [0.05, 0.1) is 5.52 Å². The van der Waals surface area contributed by atoms with E-state index in [1.54, 1.807) is 22.2 Å². The number of piperidine rings is 1. The van der Waals surface area contributed by atoms with Crippen LogP contribution in [0, 0.1) is 0 Å². The Bertz CT molecular complexity index is 1200. The lowest BCUT2D eigenvalue weighted by Gasteiger charge is -2.31. The molecule has 6 rings (SSSR count). The van der Waals surface area contributed by atoms with Crippen molar-refractivity contribution in [1.82, 2.24) is 24.6 Å². The van der Waals surface area contributed by atoms with Crippen molar-refractivity contribution in [2.45, 2.75) is 44.9 Å². The summed E-state index contributed by atoms with van der Waals surface area (Å²) >= 11 is 1.67. The van der Waals surface area contributed by atoms with Gasteiger partial charge in [0.15, 0.2) is 5.65 Å². The normalized spacial score (nSPS) is 17.5. The van der Waals surface area contributed by atoms with E-state index in [1.165, 1.54) is 54.4 Å². The molecule has 28 heavy (non-hydrogen) atoms. The van der Waals surface area contributed by atoms with Crippen molar-refractivity contribution < 1.29 is 0 Å².